The van der Waals surface area contributed by atoms with E-state index in [1.165, 1.54) is 0 Å². The Hall–Kier alpha value is -2.57. The molecule has 1 atom stereocenters. The lowest BCUT2D eigenvalue weighted by Crippen LogP contribution is -2.29. The Morgan fingerprint density at radius 3 is 2.57 bits per heavy atom. The number of hydrogen-bond acceptors (Lipinski definition) is 5. The molecule has 1 aromatic heterocycles. The molecule has 0 bridgehead atoms. The Labute approximate surface area is 217 Å². The second kappa shape index (κ2) is 11.4. The lowest BCUT2D eigenvalue weighted by Gasteiger charge is -2.15. The molecule has 0 spiro atoms. The minimum Gasteiger partial charge on any atom is -0.342 e. The molecule has 3 aromatic rings. The van der Waals surface area contributed by atoms with Crippen LogP contribution in [-0.4, -0.2) is 32.3 Å². The van der Waals surface area contributed by atoms with Crippen molar-refractivity contribution in [3.63, 3.8) is 0 Å². The Morgan fingerprint density at radius 1 is 1.20 bits per heavy atom. The van der Waals surface area contributed by atoms with E-state index >= 15 is 0 Å². The molecular weight excluding hydrogens is 571 g/mol. The summed E-state index contributed by atoms with van der Waals surface area (Å²) in [4.78, 5) is 25.0. The summed E-state index contributed by atoms with van der Waals surface area (Å²) in [6, 6.07) is 9.24. The monoisotopic (exact) mass is 589 g/mol. The largest absolute Gasteiger partial charge is 0.416 e. The van der Waals surface area contributed by atoms with E-state index in [0.717, 1.165) is 30.0 Å². The van der Waals surface area contributed by atoms with Crippen molar-refractivity contribution in [2.45, 2.75) is 37.8 Å². The van der Waals surface area contributed by atoms with Crippen LogP contribution < -0.4 is 10.6 Å². The number of anilines is 1. The summed E-state index contributed by atoms with van der Waals surface area (Å²) in [6.07, 6.45) is -4.56. The number of aromatic nitrogens is 3. The van der Waals surface area contributed by atoms with E-state index in [-0.39, 0.29) is 22.4 Å². The normalized spacial score (nSPS) is 12.3. The number of carbonyl (C=O) groups excluding carboxylic acids is 2. The van der Waals surface area contributed by atoms with Crippen molar-refractivity contribution in [1.29, 1.82) is 0 Å². The summed E-state index contributed by atoms with van der Waals surface area (Å²) in [5, 5.41) is 14.0. The number of hydrogen-bond donors (Lipinski definition) is 2. The Kier molecular flexibility index (Phi) is 8.84. The number of halogens is 5. The fraction of sp³-hybridized carbons (Fsp3) is 0.273. The van der Waals surface area contributed by atoms with Gasteiger partial charge in [-0.25, -0.2) is 0 Å². The van der Waals surface area contributed by atoms with E-state index in [9.17, 15) is 22.8 Å². The number of thioether (sulfide) groups is 1. The van der Waals surface area contributed by atoms with Gasteiger partial charge in [0.1, 0.15) is 0 Å². The standard InChI is InChI=1S/C22H20BrClF3N5O2S/c1-3-32-19(12(2)28-20(34)14-6-4-5-7-15(14)23)30-31-21(32)35-11-18(33)29-17-10-13(22(25,26)27)8-9-16(17)24/h4-10,12H,3,11H2,1-2H3,(H,28,34)(H,29,33). The molecule has 2 amide bonds. The van der Waals surface area contributed by atoms with Gasteiger partial charge in [0, 0.05) is 11.0 Å². The maximum Gasteiger partial charge on any atom is 0.416 e. The van der Waals surface area contributed by atoms with Gasteiger partial charge in [-0.3, -0.25) is 9.59 Å². The molecule has 13 heteroatoms. The Morgan fingerprint density at radius 2 is 1.91 bits per heavy atom. The molecule has 2 aromatic carbocycles. The molecule has 1 unspecified atom stereocenters. The van der Waals surface area contributed by atoms with E-state index in [0.29, 0.717) is 27.6 Å². The van der Waals surface area contributed by atoms with Crippen molar-refractivity contribution in [1.82, 2.24) is 20.1 Å². The third-order valence-electron chi connectivity index (χ3n) is 4.82. The molecule has 0 aliphatic rings. The average molecular weight is 591 g/mol. The number of nitrogens with one attached hydrogen (secondary N) is 2. The van der Waals surface area contributed by atoms with Crippen LogP contribution in [0, 0.1) is 0 Å². The second-order valence-electron chi connectivity index (χ2n) is 7.29. The molecule has 0 saturated carbocycles. The molecule has 7 nitrogen and oxygen atoms in total. The SMILES string of the molecule is CCn1c(SCC(=O)Nc2cc(C(F)(F)F)ccc2Cl)nnc1C(C)NC(=O)c1ccccc1Br. The molecule has 3 rings (SSSR count). The van der Waals surface area contributed by atoms with Gasteiger partial charge < -0.3 is 15.2 Å². The predicted molar refractivity (Wildman–Crippen MR) is 132 cm³/mol. The van der Waals surface area contributed by atoms with Gasteiger partial charge in [0.05, 0.1) is 33.6 Å². The zero-order valence-corrected chi connectivity index (χ0v) is 21.6. The zero-order valence-electron chi connectivity index (χ0n) is 18.5. The minimum atomic E-state index is -4.56. The van der Waals surface area contributed by atoms with Gasteiger partial charge in [-0.1, -0.05) is 35.5 Å². The second-order valence-corrected chi connectivity index (χ2v) is 9.49. The average Bonchev–Trinajstić information content (AvgIpc) is 3.21. The lowest BCUT2D eigenvalue weighted by molar-refractivity contribution is -0.137. The van der Waals surface area contributed by atoms with Gasteiger partial charge in [0.25, 0.3) is 5.91 Å². The van der Waals surface area contributed by atoms with Gasteiger partial charge in [-0.15, -0.1) is 10.2 Å². The Bertz CT molecular complexity index is 1240. The first-order valence-corrected chi connectivity index (χ1v) is 12.4. The van der Waals surface area contributed by atoms with Crippen LogP contribution in [0.2, 0.25) is 5.02 Å². The van der Waals surface area contributed by atoms with Crippen molar-refractivity contribution in [2.24, 2.45) is 0 Å². The number of carbonyl (C=O) groups is 2. The molecule has 2 N–H and O–H groups in total. The summed E-state index contributed by atoms with van der Waals surface area (Å²) in [5.41, 5.74) is -0.576. The summed E-state index contributed by atoms with van der Waals surface area (Å²) < 4.78 is 41.2. The molecule has 0 radical (unpaired) electrons. The number of benzene rings is 2. The number of amides is 2. The molecule has 1 heterocycles. The van der Waals surface area contributed by atoms with Gasteiger partial charge in [-0.2, -0.15) is 13.2 Å². The molecule has 35 heavy (non-hydrogen) atoms. The summed E-state index contributed by atoms with van der Waals surface area (Å²) >= 11 is 10.4. The molecule has 0 fully saturated rings. The van der Waals surface area contributed by atoms with Crippen molar-refractivity contribution in [3.8, 4) is 0 Å². The van der Waals surface area contributed by atoms with Crippen molar-refractivity contribution in [2.75, 3.05) is 11.1 Å². The minimum absolute atomic E-state index is 0.00928. The number of nitrogens with zero attached hydrogens (tertiary/aromatic N) is 3. The highest BCUT2D eigenvalue weighted by molar-refractivity contribution is 9.10. The molecule has 0 aliphatic heterocycles. The smallest absolute Gasteiger partial charge is 0.342 e. The molecular formula is C22H20BrClF3N5O2S. The van der Waals surface area contributed by atoms with Crippen LogP contribution in [0.3, 0.4) is 0 Å². The van der Waals surface area contributed by atoms with E-state index < -0.39 is 23.7 Å². The fourth-order valence-corrected chi connectivity index (χ4v) is 4.56. The van der Waals surface area contributed by atoms with Crippen LogP contribution in [0.25, 0.3) is 0 Å². The number of rotatable bonds is 8. The lowest BCUT2D eigenvalue weighted by atomic mass is 10.2. The first-order valence-electron chi connectivity index (χ1n) is 10.3. The van der Waals surface area contributed by atoms with Crippen molar-refractivity contribution in [3.05, 3.63) is 68.9 Å². The molecule has 186 valence electrons. The third-order valence-corrected chi connectivity index (χ3v) is 6.80. The summed E-state index contributed by atoms with van der Waals surface area (Å²) in [6.45, 7) is 4.10. The molecule has 0 saturated heterocycles. The van der Waals surface area contributed by atoms with Crippen molar-refractivity contribution < 1.29 is 22.8 Å². The van der Waals surface area contributed by atoms with E-state index in [4.69, 9.17) is 11.6 Å². The van der Waals surface area contributed by atoms with Gasteiger partial charge >= 0.3 is 6.18 Å². The van der Waals surface area contributed by atoms with Gasteiger partial charge in [0.2, 0.25) is 5.91 Å². The van der Waals surface area contributed by atoms with E-state index in [2.05, 4.69) is 36.8 Å². The van der Waals surface area contributed by atoms with Crippen LogP contribution in [0.4, 0.5) is 18.9 Å². The third kappa shape index (κ3) is 6.77. The van der Waals surface area contributed by atoms with E-state index in [1.807, 2.05) is 6.92 Å². The maximum atomic E-state index is 12.9. The fourth-order valence-electron chi connectivity index (χ4n) is 3.12. The zero-order chi connectivity index (χ0) is 25.8. The first-order chi connectivity index (χ1) is 16.5. The predicted octanol–water partition coefficient (Wildman–Crippen LogP) is 5.95. The summed E-state index contributed by atoms with van der Waals surface area (Å²) in [7, 11) is 0. The molecule has 0 aliphatic carbocycles. The van der Waals surface area contributed by atoms with Crippen LogP contribution >= 0.6 is 39.3 Å². The highest BCUT2D eigenvalue weighted by Crippen LogP contribution is 2.34. The Balaban J connectivity index is 1.66. The van der Waals surface area contributed by atoms with Crippen LogP contribution in [0.15, 0.2) is 52.1 Å². The van der Waals surface area contributed by atoms with Crippen LogP contribution in [0.5, 0.6) is 0 Å². The van der Waals surface area contributed by atoms with Gasteiger partial charge in [-0.05, 0) is 60.1 Å². The maximum absolute atomic E-state index is 12.9. The topological polar surface area (TPSA) is 88.9 Å². The van der Waals surface area contributed by atoms with Crippen LogP contribution in [-0.2, 0) is 17.5 Å². The highest BCUT2D eigenvalue weighted by atomic mass is 79.9. The van der Waals surface area contributed by atoms with E-state index in [1.54, 1.807) is 35.8 Å². The van der Waals surface area contributed by atoms with Crippen LogP contribution in [0.1, 0.15) is 41.6 Å². The van der Waals surface area contributed by atoms with Gasteiger partial charge in [0.15, 0.2) is 11.0 Å². The summed E-state index contributed by atoms with van der Waals surface area (Å²) in [5.74, 6) is -0.486. The van der Waals surface area contributed by atoms with Crippen molar-refractivity contribution >= 4 is 56.8 Å². The quantitative estimate of drug-likeness (QED) is 0.316. The number of alkyl halides is 3. The first kappa shape index (κ1) is 27.0. The highest BCUT2D eigenvalue weighted by Gasteiger charge is 2.31.